The summed E-state index contributed by atoms with van der Waals surface area (Å²) in [5.41, 5.74) is -0.929. The number of ether oxygens (including phenoxy) is 2. The Morgan fingerprint density at radius 1 is 1.60 bits per heavy atom. The SMILES string of the molecule is CC1OCCCC1C(=O)Nc1ncc(C2(O)COC2)s1. The Morgan fingerprint density at radius 3 is 3.05 bits per heavy atom. The number of carbonyl (C=O) groups excluding carboxylic acids is 1. The number of rotatable bonds is 3. The molecule has 2 saturated heterocycles. The summed E-state index contributed by atoms with van der Waals surface area (Å²) < 4.78 is 10.5. The monoisotopic (exact) mass is 298 g/mol. The molecule has 0 aromatic carbocycles. The Hall–Kier alpha value is -1.02. The van der Waals surface area contributed by atoms with E-state index in [-0.39, 0.29) is 31.1 Å². The molecule has 2 fully saturated rings. The molecular weight excluding hydrogens is 280 g/mol. The van der Waals surface area contributed by atoms with Crippen LogP contribution in [-0.4, -0.2) is 41.9 Å². The lowest BCUT2D eigenvalue weighted by Crippen LogP contribution is -2.45. The lowest BCUT2D eigenvalue weighted by atomic mass is 9.95. The van der Waals surface area contributed by atoms with Gasteiger partial charge in [0.05, 0.1) is 30.1 Å². The third kappa shape index (κ3) is 2.58. The van der Waals surface area contributed by atoms with Gasteiger partial charge < -0.3 is 19.9 Å². The van der Waals surface area contributed by atoms with Crippen molar-refractivity contribution in [1.82, 2.24) is 4.98 Å². The van der Waals surface area contributed by atoms with Crippen LogP contribution in [0.2, 0.25) is 0 Å². The average Bonchev–Trinajstić information content (AvgIpc) is 2.85. The van der Waals surface area contributed by atoms with E-state index in [0.29, 0.717) is 5.13 Å². The van der Waals surface area contributed by atoms with Gasteiger partial charge in [0.25, 0.3) is 0 Å². The van der Waals surface area contributed by atoms with Crippen molar-refractivity contribution >= 4 is 22.4 Å². The van der Waals surface area contributed by atoms with Crippen LogP contribution in [0.25, 0.3) is 0 Å². The van der Waals surface area contributed by atoms with Crippen LogP contribution in [0.15, 0.2) is 6.20 Å². The first-order valence-corrected chi connectivity index (χ1v) is 7.59. The molecule has 0 radical (unpaired) electrons. The molecule has 2 aliphatic rings. The number of nitrogens with one attached hydrogen (secondary N) is 1. The Bertz CT molecular complexity index is 500. The summed E-state index contributed by atoms with van der Waals surface area (Å²) in [5.74, 6) is -0.193. The fourth-order valence-electron chi connectivity index (χ4n) is 2.45. The van der Waals surface area contributed by atoms with Crippen molar-refractivity contribution in [3.05, 3.63) is 11.1 Å². The first kappa shape index (κ1) is 13.9. The fourth-order valence-corrected chi connectivity index (χ4v) is 3.33. The maximum absolute atomic E-state index is 12.2. The smallest absolute Gasteiger partial charge is 0.231 e. The van der Waals surface area contributed by atoms with Gasteiger partial charge in [-0.05, 0) is 19.8 Å². The van der Waals surface area contributed by atoms with Crippen LogP contribution in [0.1, 0.15) is 24.6 Å². The molecular formula is C13H18N2O4S. The molecule has 2 aliphatic heterocycles. The van der Waals surface area contributed by atoms with E-state index in [9.17, 15) is 9.90 Å². The molecule has 0 saturated carbocycles. The Labute approximate surface area is 121 Å². The zero-order chi connectivity index (χ0) is 14.2. The second kappa shape index (κ2) is 5.40. The zero-order valence-electron chi connectivity index (χ0n) is 11.3. The number of amides is 1. The van der Waals surface area contributed by atoms with Gasteiger partial charge in [0.2, 0.25) is 5.91 Å². The van der Waals surface area contributed by atoms with Gasteiger partial charge in [0.1, 0.15) is 5.60 Å². The lowest BCUT2D eigenvalue weighted by Gasteiger charge is -2.34. The van der Waals surface area contributed by atoms with E-state index < -0.39 is 5.60 Å². The van der Waals surface area contributed by atoms with E-state index in [1.54, 1.807) is 6.20 Å². The minimum absolute atomic E-state index is 0.0602. The average molecular weight is 298 g/mol. The number of hydrogen-bond donors (Lipinski definition) is 2. The van der Waals surface area contributed by atoms with Crippen LogP contribution in [0, 0.1) is 5.92 Å². The predicted octanol–water partition coefficient (Wildman–Crippen LogP) is 1.11. The number of hydrogen-bond acceptors (Lipinski definition) is 6. The Balaban J connectivity index is 1.64. The molecule has 7 heteroatoms. The molecule has 3 heterocycles. The van der Waals surface area contributed by atoms with Gasteiger partial charge in [-0.1, -0.05) is 11.3 Å². The van der Waals surface area contributed by atoms with E-state index in [0.717, 1.165) is 24.3 Å². The molecule has 1 amide bonds. The van der Waals surface area contributed by atoms with E-state index in [1.807, 2.05) is 6.92 Å². The molecule has 2 atom stereocenters. The van der Waals surface area contributed by atoms with E-state index in [2.05, 4.69) is 10.3 Å². The van der Waals surface area contributed by atoms with Crippen LogP contribution in [-0.2, 0) is 19.9 Å². The molecule has 0 spiro atoms. The van der Waals surface area contributed by atoms with Crippen LogP contribution < -0.4 is 5.32 Å². The number of aromatic nitrogens is 1. The van der Waals surface area contributed by atoms with Crippen molar-refractivity contribution in [3.8, 4) is 0 Å². The third-order valence-corrected chi connectivity index (χ3v) is 4.93. The molecule has 3 rings (SSSR count). The zero-order valence-corrected chi connectivity index (χ0v) is 12.1. The van der Waals surface area contributed by atoms with Crippen molar-refractivity contribution in [3.63, 3.8) is 0 Å². The van der Waals surface area contributed by atoms with Crippen LogP contribution >= 0.6 is 11.3 Å². The molecule has 1 aromatic heterocycles. The van der Waals surface area contributed by atoms with Crippen LogP contribution in [0.4, 0.5) is 5.13 Å². The highest BCUT2D eigenvalue weighted by Gasteiger charge is 2.40. The maximum Gasteiger partial charge on any atom is 0.231 e. The summed E-state index contributed by atoms with van der Waals surface area (Å²) in [6, 6.07) is 0. The number of anilines is 1. The summed E-state index contributed by atoms with van der Waals surface area (Å²) in [6.07, 6.45) is 3.28. The fraction of sp³-hybridized carbons (Fsp3) is 0.692. The van der Waals surface area contributed by atoms with Crippen LogP contribution in [0.3, 0.4) is 0 Å². The van der Waals surface area contributed by atoms with Crippen molar-refractivity contribution in [2.75, 3.05) is 25.1 Å². The minimum atomic E-state index is -0.929. The van der Waals surface area contributed by atoms with Gasteiger partial charge in [-0.2, -0.15) is 0 Å². The van der Waals surface area contributed by atoms with Gasteiger partial charge in [0.15, 0.2) is 5.13 Å². The molecule has 1 aromatic rings. The van der Waals surface area contributed by atoms with Gasteiger partial charge >= 0.3 is 0 Å². The van der Waals surface area contributed by atoms with Crippen molar-refractivity contribution in [2.24, 2.45) is 5.92 Å². The molecule has 0 bridgehead atoms. The topological polar surface area (TPSA) is 80.7 Å². The van der Waals surface area contributed by atoms with Crippen LogP contribution in [0.5, 0.6) is 0 Å². The summed E-state index contributed by atoms with van der Waals surface area (Å²) >= 11 is 1.30. The summed E-state index contributed by atoms with van der Waals surface area (Å²) in [6.45, 7) is 3.22. The van der Waals surface area contributed by atoms with E-state index >= 15 is 0 Å². The summed E-state index contributed by atoms with van der Waals surface area (Å²) in [4.78, 5) is 17.1. The molecule has 6 nitrogen and oxygen atoms in total. The number of aliphatic hydroxyl groups is 1. The van der Waals surface area contributed by atoms with Gasteiger partial charge in [-0.25, -0.2) is 4.98 Å². The summed E-state index contributed by atoms with van der Waals surface area (Å²) in [5, 5.41) is 13.5. The highest BCUT2D eigenvalue weighted by molar-refractivity contribution is 7.15. The normalized spacial score (nSPS) is 28.7. The number of nitrogens with zero attached hydrogens (tertiary/aromatic N) is 1. The Morgan fingerprint density at radius 2 is 2.40 bits per heavy atom. The second-order valence-electron chi connectivity index (χ2n) is 5.37. The van der Waals surface area contributed by atoms with Crippen molar-refractivity contribution in [2.45, 2.75) is 31.5 Å². The molecule has 0 aliphatic carbocycles. The molecule has 20 heavy (non-hydrogen) atoms. The molecule has 110 valence electrons. The third-order valence-electron chi connectivity index (χ3n) is 3.82. The second-order valence-corrected chi connectivity index (χ2v) is 6.40. The standard InChI is InChI=1S/C13H18N2O4S/c1-8-9(3-2-4-19-8)11(16)15-12-14-5-10(20-12)13(17)6-18-7-13/h5,8-9,17H,2-4,6-7H2,1H3,(H,14,15,16). The highest BCUT2D eigenvalue weighted by atomic mass is 32.1. The predicted molar refractivity (Wildman–Crippen MR) is 73.6 cm³/mol. The minimum Gasteiger partial charge on any atom is -0.379 e. The molecule has 2 N–H and O–H groups in total. The summed E-state index contributed by atoms with van der Waals surface area (Å²) in [7, 11) is 0. The van der Waals surface area contributed by atoms with Gasteiger partial charge in [-0.3, -0.25) is 4.79 Å². The van der Waals surface area contributed by atoms with Crippen molar-refractivity contribution < 1.29 is 19.4 Å². The van der Waals surface area contributed by atoms with E-state index in [4.69, 9.17) is 9.47 Å². The van der Waals surface area contributed by atoms with Gasteiger partial charge in [0, 0.05) is 12.8 Å². The number of thiazole rings is 1. The van der Waals surface area contributed by atoms with E-state index in [1.165, 1.54) is 11.3 Å². The first-order chi connectivity index (χ1) is 9.58. The quantitative estimate of drug-likeness (QED) is 0.874. The first-order valence-electron chi connectivity index (χ1n) is 6.77. The number of carbonyl (C=O) groups is 1. The lowest BCUT2D eigenvalue weighted by molar-refractivity contribution is -0.182. The maximum atomic E-state index is 12.2. The largest absolute Gasteiger partial charge is 0.379 e. The highest BCUT2D eigenvalue weighted by Crippen LogP contribution is 2.35. The Kier molecular flexibility index (Phi) is 3.76. The van der Waals surface area contributed by atoms with Gasteiger partial charge in [-0.15, -0.1) is 0 Å². The molecule has 2 unspecified atom stereocenters. The van der Waals surface area contributed by atoms with Crippen molar-refractivity contribution in [1.29, 1.82) is 0 Å².